The van der Waals surface area contributed by atoms with Crippen molar-refractivity contribution in [1.29, 1.82) is 0 Å². The van der Waals surface area contributed by atoms with Gasteiger partial charge in [0, 0.05) is 0 Å². The second-order valence-electron chi connectivity index (χ2n) is 5.28. The van der Waals surface area contributed by atoms with Crippen molar-refractivity contribution in [1.82, 2.24) is 0 Å². The second kappa shape index (κ2) is 8.83. The van der Waals surface area contributed by atoms with Crippen LogP contribution in [0.15, 0.2) is 48.5 Å². The van der Waals surface area contributed by atoms with E-state index in [1.54, 1.807) is 30.3 Å². The fourth-order valence-electron chi connectivity index (χ4n) is 2.18. The lowest BCUT2D eigenvalue weighted by Gasteiger charge is -2.10. The van der Waals surface area contributed by atoms with Gasteiger partial charge in [-0.25, -0.2) is 4.79 Å². The summed E-state index contributed by atoms with van der Waals surface area (Å²) >= 11 is 0. The molecule has 0 heterocycles. The van der Waals surface area contributed by atoms with Crippen molar-refractivity contribution in [2.75, 3.05) is 6.61 Å². The molecule has 4 heteroatoms. The highest BCUT2D eigenvalue weighted by atomic mass is 16.5. The Kier molecular flexibility index (Phi) is 6.48. The predicted molar refractivity (Wildman–Crippen MR) is 89.6 cm³/mol. The summed E-state index contributed by atoms with van der Waals surface area (Å²) in [6.07, 6.45) is 4.69. The average Bonchev–Trinajstić information content (AvgIpc) is 2.56. The zero-order chi connectivity index (χ0) is 16.5. The van der Waals surface area contributed by atoms with Crippen LogP contribution >= 0.6 is 0 Å². The molecule has 0 saturated carbocycles. The molecule has 0 fully saturated rings. The van der Waals surface area contributed by atoms with Crippen molar-refractivity contribution in [3.63, 3.8) is 0 Å². The zero-order valence-corrected chi connectivity index (χ0v) is 13.3. The lowest BCUT2D eigenvalue weighted by atomic mass is 10.2. The molecular formula is C19H22O4. The molecule has 0 unspecified atom stereocenters. The molecule has 0 saturated heterocycles. The number of hydrogen-bond acceptors (Lipinski definition) is 3. The van der Waals surface area contributed by atoms with E-state index in [0.29, 0.717) is 18.1 Å². The zero-order valence-electron chi connectivity index (χ0n) is 13.3. The normalized spacial score (nSPS) is 10.3. The standard InChI is InChI=1S/C19H22O4/c1-2-3-4-7-14-22-15-10-12-16(13-11-15)23-18-9-6-5-8-17(18)19(20)21/h5-6,8-13H,2-4,7,14H2,1H3,(H,20,21). The number of para-hydroxylation sites is 1. The number of carboxylic acids is 1. The van der Waals surface area contributed by atoms with Gasteiger partial charge in [-0.3, -0.25) is 0 Å². The van der Waals surface area contributed by atoms with E-state index in [0.717, 1.165) is 12.2 Å². The third kappa shape index (κ3) is 5.33. The molecule has 0 amide bonds. The Hall–Kier alpha value is -2.49. The summed E-state index contributed by atoms with van der Waals surface area (Å²) in [6.45, 7) is 2.89. The van der Waals surface area contributed by atoms with Crippen LogP contribution in [0.2, 0.25) is 0 Å². The van der Waals surface area contributed by atoms with Crippen LogP contribution in [0.3, 0.4) is 0 Å². The molecule has 0 aliphatic rings. The molecule has 23 heavy (non-hydrogen) atoms. The first-order valence-electron chi connectivity index (χ1n) is 7.93. The van der Waals surface area contributed by atoms with E-state index >= 15 is 0 Å². The van der Waals surface area contributed by atoms with Crippen LogP contribution in [0.25, 0.3) is 0 Å². The third-order valence-corrected chi connectivity index (χ3v) is 3.44. The van der Waals surface area contributed by atoms with Crippen molar-refractivity contribution in [2.45, 2.75) is 32.6 Å². The van der Waals surface area contributed by atoms with Gasteiger partial charge in [-0.15, -0.1) is 0 Å². The number of aromatic carboxylic acids is 1. The van der Waals surface area contributed by atoms with Crippen molar-refractivity contribution in [3.8, 4) is 17.2 Å². The molecule has 0 aliphatic carbocycles. The van der Waals surface area contributed by atoms with E-state index in [4.69, 9.17) is 14.6 Å². The molecule has 0 spiro atoms. The quantitative estimate of drug-likeness (QED) is 0.651. The van der Waals surface area contributed by atoms with Crippen LogP contribution in [0.1, 0.15) is 43.0 Å². The maximum Gasteiger partial charge on any atom is 0.339 e. The van der Waals surface area contributed by atoms with Crippen molar-refractivity contribution >= 4 is 5.97 Å². The number of carboxylic acid groups (broad SMARTS) is 1. The second-order valence-corrected chi connectivity index (χ2v) is 5.28. The molecule has 0 aromatic heterocycles. The van der Waals surface area contributed by atoms with E-state index in [9.17, 15) is 4.79 Å². The molecular weight excluding hydrogens is 292 g/mol. The number of unbranched alkanes of at least 4 members (excludes halogenated alkanes) is 3. The first-order valence-corrected chi connectivity index (χ1v) is 7.93. The number of rotatable bonds is 9. The maximum atomic E-state index is 11.2. The minimum Gasteiger partial charge on any atom is -0.494 e. The van der Waals surface area contributed by atoms with Gasteiger partial charge in [0.2, 0.25) is 0 Å². The van der Waals surface area contributed by atoms with Gasteiger partial charge in [0.05, 0.1) is 6.61 Å². The van der Waals surface area contributed by atoms with Crippen molar-refractivity contribution in [3.05, 3.63) is 54.1 Å². The molecule has 2 rings (SSSR count). The summed E-state index contributed by atoms with van der Waals surface area (Å²) in [7, 11) is 0. The average molecular weight is 314 g/mol. The van der Waals surface area contributed by atoms with Gasteiger partial charge in [-0.2, -0.15) is 0 Å². The van der Waals surface area contributed by atoms with Gasteiger partial charge >= 0.3 is 5.97 Å². The van der Waals surface area contributed by atoms with E-state index in [1.807, 2.05) is 12.1 Å². The van der Waals surface area contributed by atoms with Crippen molar-refractivity contribution in [2.24, 2.45) is 0 Å². The summed E-state index contributed by atoms with van der Waals surface area (Å²) in [5, 5.41) is 9.15. The van der Waals surface area contributed by atoms with Gasteiger partial charge in [0.25, 0.3) is 0 Å². The van der Waals surface area contributed by atoms with Gasteiger partial charge in [-0.05, 0) is 42.8 Å². The molecule has 0 atom stereocenters. The summed E-state index contributed by atoms with van der Waals surface area (Å²) in [6, 6.07) is 13.8. The minimum atomic E-state index is -1.01. The summed E-state index contributed by atoms with van der Waals surface area (Å²) in [4.78, 5) is 11.2. The Balaban J connectivity index is 1.91. The monoisotopic (exact) mass is 314 g/mol. The predicted octanol–water partition coefficient (Wildman–Crippen LogP) is 5.14. The molecule has 1 N–H and O–H groups in total. The Bertz CT molecular complexity index is 620. The third-order valence-electron chi connectivity index (χ3n) is 3.44. The first kappa shape index (κ1) is 16.9. The largest absolute Gasteiger partial charge is 0.494 e. The summed E-state index contributed by atoms with van der Waals surface area (Å²) < 4.78 is 11.3. The Morgan fingerprint density at radius 2 is 1.65 bits per heavy atom. The smallest absolute Gasteiger partial charge is 0.339 e. The van der Waals surface area contributed by atoms with E-state index in [1.165, 1.54) is 25.3 Å². The lowest BCUT2D eigenvalue weighted by Crippen LogP contribution is -2.00. The first-order chi connectivity index (χ1) is 11.2. The van der Waals surface area contributed by atoms with Crippen LogP contribution in [-0.4, -0.2) is 17.7 Å². The molecule has 122 valence electrons. The minimum absolute atomic E-state index is 0.142. The van der Waals surface area contributed by atoms with E-state index in [-0.39, 0.29) is 5.56 Å². The molecule has 0 bridgehead atoms. The number of ether oxygens (including phenoxy) is 2. The van der Waals surface area contributed by atoms with Gasteiger partial charge < -0.3 is 14.6 Å². The molecule has 4 nitrogen and oxygen atoms in total. The molecule has 2 aromatic carbocycles. The summed E-state index contributed by atoms with van der Waals surface area (Å²) in [5.41, 5.74) is 0.142. The highest BCUT2D eigenvalue weighted by Crippen LogP contribution is 2.26. The maximum absolute atomic E-state index is 11.2. The van der Waals surface area contributed by atoms with Gasteiger partial charge in [-0.1, -0.05) is 38.3 Å². The van der Waals surface area contributed by atoms with Crippen LogP contribution in [0.5, 0.6) is 17.2 Å². The number of benzene rings is 2. The molecule has 0 radical (unpaired) electrons. The number of carbonyl (C=O) groups is 1. The van der Waals surface area contributed by atoms with Crippen LogP contribution in [-0.2, 0) is 0 Å². The Labute approximate surface area is 136 Å². The lowest BCUT2D eigenvalue weighted by molar-refractivity contribution is 0.0694. The summed E-state index contributed by atoms with van der Waals surface area (Å²) in [5.74, 6) is 0.693. The van der Waals surface area contributed by atoms with Gasteiger partial charge in [0.15, 0.2) is 0 Å². The number of hydrogen-bond donors (Lipinski definition) is 1. The molecule has 2 aromatic rings. The molecule has 0 aliphatic heterocycles. The fourth-order valence-corrected chi connectivity index (χ4v) is 2.18. The Morgan fingerprint density at radius 1 is 0.957 bits per heavy atom. The van der Waals surface area contributed by atoms with Gasteiger partial charge in [0.1, 0.15) is 22.8 Å². The highest BCUT2D eigenvalue weighted by molar-refractivity contribution is 5.90. The highest BCUT2D eigenvalue weighted by Gasteiger charge is 2.10. The van der Waals surface area contributed by atoms with Crippen LogP contribution in [0.4, 0.5) is 0 Å². The Morgan fingerprint density at radius 3 is 2.35 bits per heavy atom. The van der Waals surface area contributed by atoms with Crippen molar-refractivity contribution < 1.29 is 19.4 Å². The van der Waals surface area contributed by atoms with E-state index in [2.05, 4.69) is 6.92 Å². The van der Waals surface area contributed by atoms with Crippen LogP contribution < -0.4 is 9.47 Å². The topological polar surface area (TPSA) is 55.8 Å². The SMILES string of the molecule is CCCCCCOc1ccc(Oc2ccccc2C(=O)O)cc1. The fraction of sp³-hybridized carbons (Fsp3) is 0.316. The van der Waals surface area contributed by atoms with E-state index < -0.39 is 5.97 Å². The van der Waals surface area contributed by atoms with Crippen LogP contribution in [0, 0.1) is 0 Å².